The fraction of sp³-hybridized carbons (Fsp3) is 0.750. The van der Waals surface area contributed by atoms with Crippen molar-refractivity contribution in [2.75, 3.05) is 7.11 Å². The Kier molecular flexibility index (Phi) is 6.24. The maximum Gasteiger partial charge on any atom is 0.308 e. The number of aliphatic hydroxyl groups excluding tert-OH is 1. The third-order valence-corrected chi connectivity index (χ3v) is 4.61. The first-order valence-corrected chi connectivity index (χ1v) is 7.33. The first kappa shape index (κ1) is 16.7. The van der Waals surface area contributed by atoms with Crippen LogP contribution in [-0.2, 0) is 14.3 Å². The second-order valence-corrected chi connectivity index (χ2v) is 5.95. The number of methoxy groups -OCH3 is 1. The highest BCUT2D eigenvalue weighted by molar-refractivity contribution is 5.75. The van der Waals surface area contributed by atoms with Gasteiger partial charge in [0.25, 0.3) is 0 Å². The van der Waals surface area contributed by atoms with E-state index in [1.807, 2.05) is 6.92 Å². The summed E-state index contributed by atoms with van der Waals surface area (Å²) < 4.78 is 4.82. The van der Waals surface area contributed by atoms with E-state index in [1.54, 1.807) is 6.92 Å². The standard InChI is InChI=1S/C16H26O4/c1-10-5-7-14(12(3)16(19)20-4)15(9-17)13(10)8-6-11(2)18/h9-10,12-14,17H,5-8H2,1-4H3/b15-9+/t10-,12-,13+,14+/m1/s1. The highest BCUT2D eigenvalue weighted by atomic mass is 16.5. The fourth-order valence-electron chi connectivity index (χ4n) is 3.30. The molecule has 0 aromatic rings. The van der Waals surface area contributed by atoms with Crippen molar-refractivity contribution < 1.29 is 19.4 Å². The topological polar surface area (TPSA) is 63.6 Å². The van der Waals surface area contributed by atoms with Crippen molar-refractivity contribution in [1.29, 1.82) is 0 Å². The molecule has 0 saturated heterocycles. The molecule has 0 spiro atoms. The molecule has 1 aliphatic carbocycles. The monoisotopic (exact) mass is 282 g/mol. The van der Waals surface area contributed by atoms with E-state index in [1.165, 1.54) is 7.11 Å². The zero-order valence-electron chi connectivity index (χ0n) is 12.9. The smallest absolute Gasteiger partial charge is 0.308 e. The van der Waals surface area contributed by atoms with Gasteiger partial charge < -0.3 is 14.6 Å². The van der Waals surface area contributed by atoms with Gasteiger partial charge >= 0.3 is 5.97 Å². The number of ketones is 1. The van der Waals surface area contributed by atoms with Crippen LogP contribution in [0.15, 0.2) is 11.8 Å². The van der Waals surface area contributed by atoms with E-state index in [0.717, 1.165) is 31.1 Å². The summed E-state index contributed by atoms with van der Waals surface area (Å²) in [4.78, 5) is 22.9. The Morgan fingerprint density at radius 2 is 2.10 bits per heavy atom. The van der Waals surface area contributed by atoms with Crippen LogP contribution >= 0.6 is 0 Å². The van der Waals surface area contributed by atoms with Gasteiger partial charge in [-0.3, -0.25) is 4.79 Å². The average Bonchev–Trinajstić information content (AvgIpc) is 2.43. The molecule has 1 N–H and O–H groups in total. The summed E-state index contributed by atoms with van der Waals surface area (Å²) >= 11 is 0. The molecule has 0 aromatic heterocycles. The molecule has 0 radical (unpaired) electrons. The first-order chi connectivity index (χ1) is 9.42. The third kappa shape index (κ3) is 3.84. The maximum absolute atomic E-state index is 11.7. The minimum atomic E-state index is -0.259. The van der Waals surface area contributed by atoms with E-state index in [2.05, 4.69) is 6.92 Å². The zero-order valence-corrected chi connectivity index (χ0v) is 12.9. The highest BCUT2D eigenvalue weighted by Crippen LogP contribution is 2.43. The van der Waals surface area contributed by atoms with Gasteiger partial charge in [0.2, 0.25) is 0 Å². The number of esters is 1. The predicted molar refractivity (Wildman–Crippen MR) is 77.2 cm³/mol. The minimum absolute atomic E-state index is 0.0145. The van der Waals surface area contributed by atoms with Crippen molar-refractivity contribution in [3.63, 3.8) is 0 Å². The summed E-state index contributed by atoms with van der Waals surface area (Å²) in [7, 11) is 1.39. The average molecular weight is 282 g/mol. The predicted octanol–water partition coefficient (Wildman–Crippen LogP) is 3.27. The Morgan fingerprint density at radius 3 is 2.60 bits per heavy atom. The Balaban J connectivity index is 2.88. The Morgan fingerprint density at radius 1 is 1.45 bits per heavy atom. The van der Waals surface area contributed by atoms with E-state index < -0.39 is 0 Å². The number of aliphatic hydroxyl groups is 1. The molecule has 1 saturated carbocycles. The summed E-state index contributed by atoms with van der Waals surface area (Å²) in [5, 5.41) is 9.62. The van der Waals surface area contributed by atoms with E-state index >= 15 is 0 Å². The van der Waals surface area contributed by atoms with Crippen LogP contribution in [-0.4, -0.2) is 24.0 Å². The summed E-state index contributed by atoms with van der Waals surface area (Å²) in [5.74, 6) is 0.279. The SMILES string of the molecule is COC(=O)[C@H](C)[C@@H]1CC[C@@H](C)[C@H](CCC(C)=O)/C1=C\O. The van der Waals surface area contributed by atoms with E-state index in [0.29, 0.717) is 12.3 Å². The summed E-state index contributed by atoms with van der Waals surface area (Å²) in [6, 6.07) is 0. The number of rotatable bonds is 5. The van der Waals surface area contributed by atoms with E-state index in [-0.39, 0.29) is 29.5 Å². The van der Waals surface area contributed by atoms with Crippen molar-refractivity contribution >= 4 is 11.8 Å². The van der Waals surface area contributed by atoms with Crippen molar-refractivity contribution in [3.05, 3.63) is 11.8 Å². The van der Waals surface area contributed by atoms with E-state index in [4.69, 9.17) is 4.74 Å². The van der Waals surface area contributed by atoms with Crippen molar-refractivity contribution in [3.8, 4) is 0 Å². The quantitative estimate of drug-likeness (QED) is 0.621. The van der Waals surface area contributed by atoms with Crippen LogP contribution in [0.1, 0.15) is 46.5 Å². The minimum Gasteiger partial charge on any atom is -0.516 e. The molecule has 1 rings (SSSR count). The first-order valence-electron chi connectivity index (χ1n) is 7.33. The van der Waals surface area contributed by atoms with Gasteiger partial charge in [0.1, 0.15) is 5.78 Å². The molecule has 0 aliphatic heterocycles. The summed E-state index contributed by atoms with van der Waals surface area (Å²) in [6.45, 7) is 5.58. The molecule has 1 aliphatic rings. The lowest BCUT2D eigenvalue weighted by Crippen LogP contribution is -2.33. The Bertz CT molecular complexity index is 386. The number of allylic oxidation sites excluding steroid dienone is 1. The molecule has 1 fully saturated rings. The number of carbonyl (C=O) groups excluding carboxylic acids is 2. The van der Waals surface area contributed by atoms with Crippen LogP contribution in [0.25, 0.3) is 0 Å². The number of hydrogen-bond donors (Lipinski definition) is 1. The number of carbonyl (C=O) groups is 2. The molecule has 0 bridgehead atoms. The third-order valence-electron chi connectivity index (χ3n) is 4.61. The largest absolute Gasteiger partial charge is 0.516 e. The summed E-state index contributed by atoms with van der Waals surface area (Å²) in [6.07, 6.45) is 4.30. The van der Waals surface area contributed by atoms with Crippen LogP contribution < -0.4 is 0 Å². The van der Waals surface area contributed by atoms with Crippen molar-refractivity contribution in [2.24, 2.45) is 23.7 Å². The fourth-order valence-corrected chi connectivity index (χ4v) is 3.30. The molecule has 4 atom stereocenters. The lowest BCUT2D eigenvalue weighted by Gasteiger charge is -2.38. The Hall–Kier alpha value is -1.32. The molecule has 20 heavy (non-hydrogen) atoms. The second-order valence-electron chi connectivity index (χ2n) is 5.95. The second kappa shape index (κ2) is 7.46. The molecule has 0 amide bonds. The van der Waals surface area contributed by atoms with Gasteiger partial charge in [0, 0.05) is 6.42 Å². The maximum atomic E-state index is 11.7. The molecule has 114 valence electrons. The van der Waals surface area contributed by atoms with Crippen LogP contribution in [0.4, 0.5) is 0 Å². The van der Waals surface area contributed by atoms with Gasteiger partial charge in [-0.15, -0.1) is 0 Å². The van der Waals surface area contributed by atoms with Crippen LogP contribution in [0.3, 0.4) is 0 Å². The van der Waals surface area contributed by atoms with Crippen LogP contribution in [0.5, 0.6) is 0 Å². The molecule has 0 aromatic carbocycles. The van der Waals surface area contributed by atoms with Gasteiger partial charge in [0.15, 0.2) is 0 Å². The molecule has 0 heterocycles. The van der Waals surface area contributed by atoms with Gasteiger partial charge in [-0.25, -0.2) is 0 Å². The zero-order chi connectivity index (χ0) is 15.3. The normalized spacial score (nSPS) is 30.0. The Labute approximate surface area is 121 Å². The lowest BCUT2D eigenvalue weighted by atomic mass is 9.66. The molecule has 0 unspecified atom stereocenters. The van der Waals surface area contributed by atoms with Gasteiger partial charge in [0.05, 0.1) is 19.3 Å². The summed E-state index contributed by atoms with van der Waals surface area (Å²) in [5.41, 5.74) is 0.905. The van der Waals surface area contributed by atoms with Crippen LogP contribution in [0.2, 0.25) is 0 Å². The molecule has 4 nitrogen and oxygen atoms in total. The highest BCUT2D eigenvalue weighted by Gasteiger charge is 2.37. The van der Waals surface area contributed by atoms with Gasteiger partial charge in [-0.1, -0.05) is 13.8 Å². The van der Waals surface area contributed by atoms with Gasteiger partial charge in [-0.2, -0.15) is 0 Å². The van der Waals surface area contributed by atoms with E-state index in [9.17, 15) is 14.7 Å². The lowest BCUT2D eigenvalue weighted by molar-refractivity contribution is -0.146. The van der Waals surface area contributed by atoms with Crippen molar-refractivity contribution in [1.82, 2.24) is 0 Å². The van der Waals surface area contributed by atoms with Crippen molar-refractivity contribution in [2.45, 2.75) is 46.5 Å². The van der Waals surface area contributed by atoms with Crippen LogP contribution in [0, 0.1) is 23.7 Å². The number of ether oxygens (including phenoxy) is 1. The van der Waals surface area contributed by atoms with Gasteiger partial charge in [-0.05, 0) is 49.5 Å². The molecular formula is C16H26O4. The number of hydrogen-bond acceptors (Lipinski definition) is 4. The molecular weight excluding hydrogens is 256 g/mol. The number of Topliss-reactive ketones (excluding diaryl/α,β-unsaturated/α-hetero) is 1. The molecule has 4 heteroatoms.